The normalized spacial score (nSPS) is 15.4. The van der Waals surface area contributed by atoms with E-state index in [-0.39, 0.29) is 13.1 Å². The average molecular weight is 348 g/mol. The van der Waals surface area contributed by atoms with Gasteiger partial charge in [-0.2, -0.15) is 0 Å². The van der Waals surface area contributed by atoms with Crippen LogP contribution in [0.2, 0.25) is 0 Å². The van der Waals surface area contributed by atoms with E-state index in [0.29, 0.717) is 19.0 Å². The van der Waals surface area contributed by atoms with Gasteiger partial charge in [0.15, 0.2) is 5.96 Å². The van der Waals surface area contributed by atoms with Gasteiger partial charge in [-0.1, -0.05) is 6.07 Å². The molecule has 4 N–H and O–H groups in total. The number of sulfonamides is 1. The summed E-state index contributed by atoms with van der Waals surface area (Å²) >= 11 is 1.48. The van der Waals surface area contributed by atoms with E-state index in [1.54, 1.807) is 6.92 Å². The Morgan fingerprint density at radius 1 is 1.41 bits per heavy atom. The summed E-state index contributed by atoms with van der Waals surface area (Å²) in [5, 5.41) is 18.4. The third-order valence-corrected chi connectivity index (χ3v) is 4.57. The standard InChI is InChI=1S/C13H24N4O3S2/c1-4-14-12(15-7-8-17-22(3,19)20)16-10-13(2,18)11-6-5-9-21-11/h5-6,9,17-18H,4,7-8,10H2,1-3H3,(H2,14,15,16). The Labute approximate surface area is 135 Å². The highest BCUT2D eigenvalue weighted by atomic mass is 32.2. The van der Waals surface area contributed by atoms with Gasteiger partial charge in [-0.15, -0.1) is 11.3 Å². The second-order valence-corrected chi connectivity index (χ2v) is 7.82. The number of thiophene rings is 1. The Balaban J connectivity index is 2.54. The quantitative estimate of drug-likeness (QED) is 0.302. The van der Waals surface area contributed by atoms with E-state index in [1.807, 2.05) is 24.4 Å². The van der Waals surface area contributed by atoms with Crippen molar-refractivity contribution in [1.29, 1.82) is 0 Å². The lowest BCUT2D eigenvalue weighted by atomic mass is 10.1. The largest absolute Gasteiger partial charge is 0.383 e. The van der Waals surface area contributed by atoms with Crippen molar-refractivity contribution in [3.63, 3.8) is 0 Å². The summed E-state index contributed by atoms with van der Waals surface area (Å²) in [6.45, 7) is 5.21. The highest BCUT2D eigenvalue weighted by Gasteiger charge is 2.23. The van der Waals surface area contributed by atoms with Crippen LogP contribution in [0.25, 0.3) is 0 Å². The first-order valence-electron chi connectivity index (χ1n) is 6.98. The van der Waals surface area contributed by atoms with Gasteiger partial charge in [0.05, 0.1) is 12.8 Å². The van der Waals surface area contributed by atoms with Gasteiger partial charge in [0, 0.05) is 24.5 Å². The molecule has 1 rings (SSSR count). The summed E-state index contributed by atoms with van der Waals surface area (Å²) < 4.78 is 24.3. The molecule has 0 saturated carbocycles. The van der Waals surface area contributed by atoms with Crippen molar-refractivity contribution in [1.82, 2.24) is 15.4 Å². The fourth-order valence-corrected chi connectivity index (χ4v) is 2.91. The maximum atomic E-state index is 11.0. The summed E-state index contributed by atoms with van der Waals surface area (Å²) in [5.41, 5.74) is -1.03. The minimum Gasteiger partial charge on any atom is -0.383 e. The van der Waals surface area contributed by atoms with Crippen LogP contribution in [0.4, 0.5) is 0 Å². The van der Waals surface area contributed by atoms with Crippen molar-refractivity contribution >= 4 is 27.3 Å². The molecule has 0 bridgehead atoms. The second-order valence-electron chi connectivity index (χ2n) is 5.04. The molecule has 126 valence electrons. The number of guanidine groups is 1. The molecule has 1 aromatic heterocycles. The van der Waals surface area contributed by atoms with E-state index in [9.17, 15) is 13.5 Å². The van der Waals surface area contributed by atoms with Crippen LogP contribution in [0.3, 0.4) is 0 Å². The smallest absolute Gasteiger partial charge is 0.208 e. The molecule has 0 aliphatic rings. The molecule has 0 aliphatic carbocycles. The third-order valence-electron chi connectivity index (χ3n) is 2.72. The van der Waals surface area contributed by atoms with E-state index in [1.165, 1.54) is 11.3 Å². The van der Waals surface area contributed by atoms with Crippen molar-refractivity contribution in [2.45, 2.75) is 19.4 Å². The highest BCUT2D eigenvalue weighted by Crippen LogP contribution is 2.25. The van der Waals surface area contributed by atoms with Crippen LogP contribution < -0.4 is 15.4 Å². The van der Waals surface area contributed by atoms with Crippen LogP contribution in [-0.4, -0.2) is 51.9 Å². The van der Waals surface area contributed by atoms with Crippen molar-refractivity contribution in [3.05, 3.63) is 22.4 Å². The van der Waals surface area contributed by atoms with E-state index < -0.39 is 15.6 Å². The molecule has 0 fully saturated rings. The van der Waals surface area contributed by atoms with E-state index >= 15 is 0 Å². The predicted octanol–water partition coefficient (Wildman–Crippen LogP) is 0.0599. The highest BCUT2D eigenvalue weighted by molar-refractivity contribution is 7.88. The van der Waals surface area contributed by atoms with Gasteiger partial charge >= 0.3 is 0 Å². The van der Waals surface area contributed by atoms with Crippen LogP contribution in [0, 0.1) is 0 Å². The lowest BCUT2D eigenvalue weighted by Crippen LogP contribution is -2.42. The third kappa shape index (κ3) is 7.21. The minimum absolute atomic E-state index is 0.211. The maximum Gasteiger partial charge on any atom is 0.208 e. The van der Waals surface area contributed by atoms with Crippen molar-refractivity contribution < 1.29 is 13.5 Å². The molecule has 0 aliphatic heterocycles. The molecule has 0 aromatic carbocycles. The van der Waals surface area contributed by atoms with Crippen LogP contribution in [0.15, 0.2) is 22.5 Å². The number of hydrogen-bond donors (Lipinski definition) is 4. The SMILES string of the molecule is CCNC(=NCC(C)(O)c1cccs1)NCCNS(C)(=O)=O. The van der Waals surface area contributed by atoms with Crippen LogP contribution in [0.1, 0.15) is 18.7 Å². The summed E-state index contributed by atoms with van der Waals surface area (Å²) in [6, 6.07) is 3.76. The van der Waals surface area contributed by atoms with E-state index in [4.69, 9.17) is 0 Å². The van der Waals surface area contributed by atoms with Crippen molar-refractivity contribution in [3.8, 4) is 0 Å². The van der Waals surface area contributed by atoms with E-state index in [2.05, 4.69) is 20.3 Å². The molecular formula is C13H24N4O3S2. The maximum absolute atomic E-state index is 11.0. The number of hydrogen-bond acceptors (Lipinski definition) is 5. The van der Waals surface area contributed by atoms with Gasteiger partial charge < -0.3 is 15.7 Å². The first-order valence-corrected chi connectivity index (χ1v) is 9.75. The number of nitrogens with one attached hydrogen (secondary N) is 3. The zero-order valence-corrected chi connectivity index (χ0v) is 14.7. The molecule has 0 radical (unpaired) electrons. The zero-order valence-electron chi connectivity index (χ0n) is 13.1. The average Bonchev–Trinajstić information content (AvgIpc) is 2.94. The molecule has 7 nitrogen and oxygen atoms in total. The first kappa shape index (κ1) is 18.9. The Bertz CT molecular complexity index is 568. The Hall–Kier alpha value is -1.16. The molecule has 0 saturated heterocycles. The summed E-state index contributed by atoms with van der Waals surface area (Å²) in [6.07, 6.45) is 1.12. The Morgan fingerprint density at radius 3 is 2.68 bits per heavy atom. The number of nitrogens with zero attached hydrogens (tertiary/aromatic N) is 1. The summed E-state index contributed by atoms with van der Waals surface area (Å²) in [4.78, 5) is 5.20. The van der Waals surface area contributed by atoms with Gasteiger partial charge in [-0.05, 0) is 25.3 Å². The molecule has 1 unspecified atom stereocenters. The van der Waals surface area contributed by atoms with Crippen LogP contribution in [0.5, 0.6) is 0 Å². The Kier molecular flexibility index (Phi) is 7.27. The molecular weight excluding hydrogens is 324 g/mol. The predicted molar refractivity (Wildman–Crippen MR) is 90.7 cm³/mol. The first-order chi connectivity index (χ1) is 10.2. The van der Waals surface area contributed by atoms with Gasteiger partial charge in [0.1, 0.15) is 5.60 Å². The van der Waals surface area contributed by atoms with Gasteiger partial charge in [-0.3, -0.25) is 0 Å². The van der Waals surface area contributed by atoms with E-state index in [0.717, 1.165) is 11.1 Å². The van der Waals surface area contributed by atoms with Crippen LogP contribution in [-0.2, 0) is 15.6 Å². The van der Waals surface area contributed by atoms with Gasteiger partial charge in [-0.25, -0.2) is 18.1 Å². The molecule has 1 heterocycles. The molecule has 22 heavy (non-hydrogen) atoms. The second kappa shape index (κ2) is 8.47. The monoisotopic (exact) mass is 348 g/mol. The number of aliphatic hydroxyl groups is 1. The van der Waals surface area contributed by atoms with Crippen LogP contribution >= 0.6 is 11.3 Å². The molecule has 9 heteroatoms. The fourth-order valence-electron chi connectivity index (χ4n) is 1.66. The topological polar surface area (TPSA) is 103 Å². The fraction of sp³-hybridized carbons (Fsp3) is 0.615. The van der Waals surface area contributed by atoms with Crippen molar-refractivity contribution in [2.24, 2.45) is 4.99 Å². The molecule has 0 amide bonds. The molecule has 1 atom stereocenters. The molecule has 0 spiro atoms. The lowest BCUT2D eigenvalue weighted by molar-refractivity contribution is 0.0711. The lowest BCUT2D eigenvalue weighted by Gasteiger charge is -2.20. The number of rotatable bonds is 8. The Morgan fingerprint density at radius 2 is 2.14 bits per heavy atom. The summed E-state index contributed by atoms with van der Waals surface area (Å²) in [5.74, 6) is 0.537. The minimum atomic E-state index is -3.19. The summed E-state index contributed by atoms with van der Waals surface area (Å²) in [7, 11) is -3.19. The van der Waals surface area contributed by atoms with Gasteiger partial charge in [0.25, 0.3) is 0 Å². The number of aliphatic imine (C=N–C) groups is 1. The van der Waals surface area contributed by atoms with Gasteiger partial charge in [0.2, 0.25) is 10.0 Å². The molecule has 1 aromatic rings. The zero-order chi connectivity index (χ0) is 16.6. The van der Waals surface area contributed by atoms with Crippen molar-refractivity contribution in [2.75, 3.05) is 32.4 Å².